The van der Waals surface area contributed by atoms with Gasteiger partial charge in [-0.25, -0.2) is 4.79 Å². The van der Waals surface area contributed by atoms with E-state index in [2.05, 4.69) is 48.4 Å². The van der Waals surface area contributed by atoms with E-state index in [0.717, 1.165) is 44.7 Å². The van der Waals surface area contributed by atoms with Crippen LogP contribution in [0.3, 0.4) is 0 Å². The number of ether oxygens (including phenoxy) is 1. The molecule has 1 saturated heterocycles. The molecule has 1 fully saturated rings. The summed E-state index contributed by atoms with van der Waals surface area (Å²) in [6, 6.07) is 8.42. The van der Waals surface area contributed by atoms with Crippen molar-refractivity contribution in [2.24, 2.45) is 5.92 Å². The highest BCUT2D eigenvalue weighted by Crippen LogP contribution is 2.19. The van der Waals surface area contributed by atoms with Crippen molar-refractivity contribution >= 4 is 6.03 Å². The fraction of sp³-hybridized carbons (Fsp3) is 0.650. The van der Waals surface area contributed by atoms with E-state index in [1.54, 1.807) is 0 Å². The summed E-state index contributed by atoms with van der Waals surface area (Å²) in [4.78, 5) is 14.7. The molecule has 25 heavy (non-hydrogen) atoms. The van der Waals surface area contributed by atoms with Crippen molar-refractivity contribution in [2.75, 3.05) is 32.8 Å². The van der Waals surface area contributed by atoms with Crippen LogP contribution in [0.5, 0.6) is 0 Å². The van der Waals surface area contributed by atoms with Gasteiger partial charge in [0.05, 0.1) is 13.2 Å². The predicted octanol–water partition coefficient (Wildman–Crippen LogP) is 2.93. The molecule has 1 aromatic carbocycles. The summed E-state index contributed by atoms with van der Waals surface area (Å²) in [5.74, 6) is 0.592. The van der Waals surface area contributed by atoms with E-state index in [4.69, 9.17) is 4.74 Å². The molecular formula is C20H33N3O2. The molecule has 5 heteroatoms. The van der Waals surface area contributed by atoms with Gasteiger partial charge in [0.25, 0.3) is 0 Å². The summed E-state index contributed by atoms with van der Waals surface area (Å²) in [5, 5.41) is 6.07. The summed E-state index contributed by atoms with van der Waals surface area (Å²) in [5.41, 5.74) is 2.35. The molecular weight excluding hydrogens is 314 g/mol. The lowest BCUT2D eigenvalue weighted by Gasteiger charge is -2.38. The molecule has 1 aliphatic heterocycles. The van der Waals surface area contributed by atoms with Crippen LogP contribution in [0.15, 0.2) is 24.3 Å². The Bertz CT molecular complexity index is 525. The van der Waals surface area contributed by atoms with Crippen molar-refractivity contribution in [3.63, 3.8) is 0 Å². The Balaban J connectivity index is 1.85. The third-order valence-electron chi connectivity index (χ3n) is 5.28. The highest BCUT2D eigenvalue weighted by atomic mass is 16.5. The first-order valence-electron chi connectivity index (χ1n) is 9.53. The zero-order valence-electron chi connectivity index (χ0n) is 15.9. The highest BCUT2D eigenvalue weighted by molar-refractivity contribution is 5.73. The minimum atomic E-state index is -0.0903. The van der Waals surface area contributed by atoms with Crippen LogP contribution in [0.4, 0.5) is 4.79 Å². The van der Waals surface area contributed by atoms with Gasteiger partial charge in [0.1, 0.15) is 0 Å². The van der Waals surface area contributed by atoms with Crippen LogP contribution in [0.2, 0.25) is 0 Å². The summed E-state index contributed by atoms with van der Waals surface area (Å²) in [7, 11) is 0. The van der Waals surface area contributed by atoms with Crippen molar-refractivity contribution in [1.82, 2.24) is 15.5 Å². The van der Waals surface area contributed by atoms with Crippen molar-refractivity contribution in [3.05, 3.63) is 35.4 Å². The Morgan fingerprint density at radius 3 is 2.48 bits per heavy atom. The third-order valence-corrected chi connectivity index (χ3v) is 5.28. The fourth-order valence-electron chi connectivity index (χ4n) is 3.58. The number of nitrogens with one attached hydrogen (secondary N) is 2. The molecule has 0 aromatic heterocycles. The fourth-order valence-corrected chi connectivity index (χ4v) is 3.58. The van der Waals surface area contributed by atoms with Crippen LogP contribution < -0.4 is 10.6 Å². The predicted molar refractivity (Wildman–Crippen MR) is 102 cm³/mol. The molecule has 1 aromatic rings. The highest BCUT2D eigenvalue weighted by Gasteiger charge is 2.27. The maximum atomic E-state index is 12.2. The van der Waals surface area contributed by atoms with Crippen LogP contribution in [-0.2, 0) is 11.3 Å². The quantitative estimate of drug-likeness (QED) is 0.760. The molecule has 2 N–H and O–H groups in total. The minimum Gasteiger partial charge on any atom is -0.379 e. The Morgan fingerprint density at radius 1 is 1.16 bits per heavy atom. The van der Waals surface area contributed by atoms with Gasteiger partial charge in [0.15, 0.2) is 0 Å². The van der Waals surface area contributed by atoms with Crippen LogP contribution in [0, 0.1) is 12.8 Å². The van der Waals surface area contributed by atoms with Crippen molar-refractivity contribution in [2.45, 2.75) is 46.2 Å². The molecule has 0 spiro atoms. The van der Waals surface area contributed by atoms with Gasteiger partial charge in [-0.3, -0.25) is 4.90 Å². The average Bonchev–Trinajstić information content (AvgIpc) is 2.65. The van der Waals surface area contributed by atoms with E-state index in [0.29, 0.717) is 25.0 Å². The SMILES string of the molecule is CCC(CC)[C@@H](CNC(=O)NCc1ccccc1C)N1CCOCC1. The molecule has 0 saturated carbocycles. The molecule has 2 rings (SSSR count). The number of nitrogens with zero attached hydrogens (tertiary/aromatic N) is 1. The maximum Gasteiger partial charge on any atom is 0.315 e. The van der Waals surface area contributed by atoms with Crippen LogP contribution >= 0.6 is 0 Å². The first-order chi connectivity index (χ1) is 12.2. The van der Waals surface area contributed by atoms with Gasteiger partial charge in [-0.1, -0.05) is 51.0 Å². The molecule has 0 radical (unpaired) electrons. The van der Waals surface area contributed by atoms with Gasteiger partial charge in [0.2, 0.25) is 0 Å². The van der Waals surface area contributed by atoms with Crippen molar-refractivity contribution in [1.29, 1.82) is 0 Å². The number of carbonyl (C=O) groups is 1. The van der Waals surface area contributed by atoms with E-state index in [1.165, 1.54) is 5.56 Å². The van der Waals surface area contributed by atoms with Gasteiger partial charge < -0.3 is 15.4 Å². The largest absolute Gasteiger partial charge is 0.379 e. The zero-order valence-corrected chi connectivity index (χ0v) is 15.9. The second kappa shape index (κ2) is 10.4. The number of benzene rings is 1. The lowest BCUT2D eigenvalue weighted by molar-refractivity contribution is 0.00237. The number of amides is 2. The number of aryl methyl sites for hydroxylation is 1. The average molecular weight is 348 g/mol. The molecule has 2 amide bonds. The molecule has 0 aliphatic carbocycles. The van der Waals surface area contributed by atoms with E-state index in [1.807, 2.05) is 12.1 Å². The van der Waals surface area contributed by atoms with E-state index < -0.39 is 0 Å². The number of hydrogen-bond acceptors (Lipinski definition) is 3. The molecule has 0 bridgehead atoms. The molecule has 1 heterocycles. The van der Waals surface area contributed by atoms with Crippen molar-refractivity contribution in [3.8, 4) is 0 Å². The first kappa shape index (κ1) is 19.7. The molecule has 140 valence electrons. The van der Waals surface area contributed by atoms with Gasteiger partial charge in [-0.15, -0.1) is 0 Å². The Kier molecular flexibility index (Phi) is 8.22. The Labute approximate surface area is 152 Å². The Morgan fingerprint density at radius 2 is 1.84 bits per heavy atom. The normalized spacial score (nSPS) is 16.6. The lowest BCUT2D eigenvalue weighted by atomic mass is 9.92. The van der Waals surface area contributed by atoms with Gasteiger partial charge in [-0.2, -0.15) is 0 Å². The second-order valence-electron chi connectivity index (χ2n) is 6.78. The molecule has 5 nitrogen and oxygen atoms in total. The van der Waals surface area contributed by atoms with Crippen molar-refractivity contribution < 1.29 is 9.53 Å². The summed E-state index contributed by atoms with van der Waals surface area (Å²) < 4.78 is 5.48. The molecule has 0 unspecified atom stereocenters. The van der Waals surface area contributed by atoms with Gasteiger partial charge in [0, 0.05) is 32.2 Å². The number of urea groups is 1. The van der Waals surface area contributed by atoms with E-state index >= 15 is 0 Å². The maximum absolute atomic E-state index is 12.2. The second-order valence-corrected chi connectivity index (χ2v) is 6.78. The molecule has 1 aliphatic rings. The topological polar surface area (TPSA) is 53.6 Å². The summed E-state index contributed by atoms with van der Waals surface area (Å²) in [6.07, 6.45) is 2.26. The summed E-state index contributed by atoms with van der Waals surface area (Å²) in [6.45, 7) is 11.3. The number of carbonyl (C=O) groups excluding carboxylic acids is 1. The van der Waals surface area contributed by atoms with Gasteiger partial charge >= 0.3 is 6.03 Å². The van der Waals surface area contributed by atoms with E-state index in [-0.39, 0.29) is 6.03 Å². The number of rotatable bonds is 8. The van der Waals surface area contributed by atoms with Crippen LogP contribution in [0.25, 0.3) is 0 Å². The van der Waals surface area contributed by atoms with Crippen LogP contribution in [0.1, 0.15) is 37.8 Å². The number of morpholine rings is 1. The standard InChI is InChI=1S/C20H33N3O2/c1-4-17(5-2)19(23-10-12-25-13-11-23)15-22-20(24)21-14-18-9-7-6-8-16(18)3/h6-9,17,19H,4-5,10-15H2,1-3H3,(H2,21,22,24)/t19-/m1/s1. The third kappa shape index (κ3) is 6.01. The van der Waals surface area contributed by atoms with Crippen LogP contribution in [-0.4, -0.2) is 49.8 Å². The zero-order chi connectivity index (χ0) is 18.1. The lowest BCUT2D eigenvalue weighted by Crippen LogP contribution is -2.53. The van der Waals surface area contributed by atoms with Gasteiger partial charge in [-0.05, 0) is 24.0 Å². The smallest absolute Gasteiger partial charge is 0.315 e. The molecule has 1 atom stereocenters. The summed E-state index contributed by atoms with van der Waals surface area (Å²) >= 11 is 0. The minimum absolute atomic E-state index is 0.0903. The Hall–Kier alpha value is -1.59. The number of hydrogen-bond donors (Lipinski definition) is 2. The van der Waals surface area contributed by atoms with E-state index in [9.17, 15) is 4.79 Å². The monoisotopic (exact) mass is 347 g/mol. The first-order valence-corrected chi connectivity index (χ1v) is 9.53.